The van der Waals surface area contributed by atoms with E-state index in [4.69, 9.17) is 23.2 Å². The maximum absolute atomic E-state index is 13.3. The number of hydrogen-bond acceptors (Lipinski definition) is 4. The Morgan fingerprint density at radius 1 is 0.806 bits per heavy atom. The van der Waals surface area contributed by atoms with E-state index in [0.29, 0.717) is 11.1 Å². The lowest BCUT2D eigenvalue weighted by Crippen LogP contribution is -2.25. The summed E-state index contributed by atoms with van der Waals surface area (Å²) >= 11 is 11.8. The number of hydrogen-bond donors (Lipinski definition) is 1. The summed E-state index contributed by atoms with van der Waals surface area (Å²) in [7, 11) is 0. The SMILES string of the molecule is O=C(CCl)Cc1ccc2c(c1NC(=O)c1ccccc1Cl)C(=O)c1ccccc1C2=O. The first-order valence-corrected chi connectivity index (χ1v) is 10.3. The van der Waals surface area contributed by atoms with Crippen molar-refractivity contribution in [3.63, 3.8) is 0 Å². The largest absolute Gasteiger partial charge is 0.321 e. The third-order valence-corrected chi connectivity index (χ3v) is 5.70. The Hall–Kier alpha value is -3.28. The van der Waals surface area contributed by atoms with E-state index < -0.39 is 11.7 Å². The number of fused-ring (bicyclic) bond motifs is 2. The lowest BCUT2D eigenvalue weighted by Gasteiger charge is -2.23. The Morgan fingerprint density at radius 2 is 1.45 bits per heavy atom. The zero-order chi connectivity index (χ0) is 22.1. The Morgan fingerprint density at radius 3 is 2.13 bits per heavy atom. The number of alkyl halides is 1. The van der Waals surface area contributed by atoms with Crippen LogP contribution in [0.3, 0.4) is 0 Å². The van der Waals surface area contributed by atoms with Gasteiger partial charge < -0.3 is 5.32 Å². The number of halogens is 2. The summed E-state index contributed by atoms with van der Waals surface area (Å²) in [4.78, 5) is 51.4. The molecule has 3 aromatic rings. The molecular formula is C24H15Cl2NO4. The number of carbonyl (C=O) groups excluding carboxylic acids is 4. The number of ketones is 3. The summed E-state index contributed by atoms with van der Waals surface area (Å²) < 4.78 is 0. The average molecular weight is 452 g/mol. The minimum absolute atomic E-state index is 0.0592. The molecule has 1 aliphatic carbocycles. The van der Waals surface area contributed by atoms with Gasteiger partial charge in [0.15, 0.2) is 17.3 Å². The van der Waals surface area contributed by atoms with Gasteiger partial charge in [-0.1, -0.05) is 54.1 Å². The number of benzene rings is 3. The minimum atomic E-state index is -0.558. The van der Waals surface area contributed by atoms with E-state index in [1.54, 1.807) is 54.6 Å². The van der Waals surface area contributed by atoms with Crippen molar-refractivity contribution in [3.05, 3.63) is 99.1 Å². The van der Waals surface area contributed by atoms with Crippen LogP contribution in [-0.2, 0) is 11.2 Å². The molecule has 0 radical (unpaired) electrons. The Kier molecular flexibility index (Phi) is 5.72. The molecule has 0 aliphatic heterocycles. The molecular weight excluding hydrogens is 437 g/mol. The minimum Gasteiger partial charge on any atom is -0.321 e. The highest BCUT2D eigenvalue weighted by atomic mass is 35.5. The molecule has 0 heterocycles. The molecule has 0 spiro atoms. The van der Waals surface area contributed by atoms with Gasteiger partial charge in [-0.2, -0.15) is 0 Å². The van der Waals surface area contributed by atoms with Crippen LogP contribution < -0.4 is 5.32 Å². The topological polar surface area (TPSA) is 80.3 Å². The highest BCUT2D eigenvalue weighted by Gasteiger charge is 2.33. The summed E-state index contributed by atoms with van der Waals surface area (Å²) in [6.45, 7) is 0. The third-order valence-electron chi connectivity index (χ3n) is 5.07. The lowest BCUT2D eigenvalue weighted by atomic mass is 9.81. The van der Waals surface area contributed by atoms with E-state index in [1.165, 1.54) is 6.07 Å². The van der Waals surface area contributed by atoms with E-state index >= 15 is 0 Å². The molecule has 0 fully saturated rings. The van der Waals surface area contributed by atoms with Gasteiger partial charge in [0.05, 0.1) is 27.7 Å². The molecule has 0 bridgehead atoms. The van der Waals surface area contributed by atoms with Crippen LogP contribution in [0.2, 0.25) is 5.02 Å². The maximum atomic E-state index is 13.3. The number of nitrogens with one attached hydrogen (secondary N) is 1. The van der Waals surface area contributed by atoms with Gasteiger partial charge in [-0.15, -0.1) is 11.6 Å². The molecule has 0 saturated carbocycles. The molecule has 0 saturated heterocycles. The highest BCUT2D eigenvalue weighted by Crippen LogP contribution is 2.35. The summed E-state index contributed by atoms with van der Waals surface area (Å²) in [6, 6.07) is 16.0. The molecule has 0 unspecified atom stereocenters. The van der Waals surface area contributed by atoms with Gasteiger partial charge in [-0.3, -0.25) is 19.2 Å². The van der Waals surface area contributed by atoms with E-state index in [2.05, 4.69) is 5.32 Å². The molecule has 0 atom stereocenters. The van der Waals surface area contributed by atoms with Gasteiger partial charge in [0.2, 0.25) is 0 Å². The molecule has 0 aromatic heterocycles. The lowest BCUT2D eigenvalue weighted by molar-refractivity contribution is -0.116. The summed E-state index contributed by atoms with van der Waals surface area (Å²) in [5.41, 5.74) is 1.48. The van der Waals surface area contributed by atoms with Gasteiger partial charge in [0.1, 0.15) is 0 Å². The van der Waals surface area contributed by atoms with Crippen LogP contribution >= 0.6 is 23.2 Å². The summed E-state index contributed by atoms with van der Waals surface area (Å²) in [6.07, 6.45) is -0.0992. The zero-order valence-electron chi connectivity index (χ0n) is 16.1. The van der Waals surface area contributed by atoms with E-state index in [0.717, 1.165) is 0 Å². The normalized spacial score (nSPS) is 12.2. The first-order chi connectivity index (χ1) is 14.9. The molecule has 31 heavy (non-hydrogen) atoms. The molecule has 4 rings (SSSR count). The van der Waals surface area contributed by atoms with Crippen LogP contribution in [0.4, 0.5) is 5.69 Å². The number of carbonyl (C=O) groups is 4. The number of anilines is 1. The van der Waals surface area contributed by atoms with Crippen molar-refractivity contribution in [1.82, 2.24) is 0 Å². The van der Waals surface area contributed by atoms with Gasteiger partial charge in [0, 0.05) is 23.1 Å². The zero-order valence-corrected chi connectivity index (χ0v) is 17.6. The second-order valence-corrected chi connectivity index (χ2v) is 7.68. The second-order valence-electron chi connectivity index (χ2n) is 7.01. The van der Waals surface area contributed by atoms with Crippen LogP contribution in [-0.4, -0.2) is 29.1 Å². The molecule has 1 aliphatic rings. The fourth-order valence-corrected chi connectivity index (χ4v) is 3.92. The van der Waals surface area contributed by atoms with Crippen molar-refractivity contribution in [1.29, 1.82) is 0 Å². The maximum Gasteiger partial charge on any atom is 0.257 e. The fraction of sp³-hybridized carbons (Fsp3) is 0.0833. The van der Waals surface area contributed by atoms with Crippen LogP contribution in [0.25, 0.3) is 0 Å². The second kappa shape index (κ2) is 8.46. The monoisotopic (exact) mass is 451 g/mol. The summed E-state index contributed by atoms with van der Waals surface area (Å²) in [5, 5.41) is 2.95. The van der Waals surface area contributed by atoms with Gasteiger partial charge in [-0.25, -0.2) is 0 Å². The smallest absolute Gasteiger partial charge is 0.257 e. The quantitative estimate of drug-likeness (QED) is 0.445. The fourth-order valence-electron chi connectivity index (χ4n) is 3.61. The van der Waals surface area contributed by atoms with Crippen molar-refractivity contribution in [2.24, 2.45) is 0 Å². The average Bonchev–Trinajstić information content (AvgIpc) is 2.78. The predicted octanol–water partition coefficient (Wildman–Crippen LogP) is 4.72. The molecule has 1 amide bonds. The third kappa shape index (κ3) is 3.78. The van der Waals surface area contributed by atoms with Crippen LogP contribution in [0.5, 0.6) is 0 Å². The standard InChI is InChI=1S/C24H15Cl2NO4/c25-12-14(28)11-13-9-10-18-20(23(30)16-6-2-1-5-15(16)22(18)29)21(13)27-24(31)17-7-3-4-8-19(17)26/h1-10H,11-12H2,(H,27,31). The van der Waals surface area contributed by atoms with Crippen molar-refractivity contribution in [2.75, 3.05) is 11.2 Å². The number of rotatable bonds is 5. The van der Waals surface area contributed by atoms with Crippen LogP contribution in [0, 0.1) is 0 Å². The number of Topliss-reactive ketones (excluding diaryl/α,β-unsaturated/α-hetero) is 1. The van der Waals surface area contributed by atoms with E-state index in [9.17, 15) is 19.2 Å². The molecule has 154 valence electrons. The van der Waals surface area contributed by atoms with Gasteiger partial charge in [-0.05, 0) is 23.8 Å². The highest BCUT2D eigenvalue weighted by molar-refractivity contribution is 6.35. The first-order valence-electron chi connectivity index (χ1n) is 9.40. The number of amides is 1. The molecule has 7 heteroatoms. The predicted molar refractivity (Wildman–Crippen MR) is 119 cm³/mol. The Labute approximate surface area is 188 Å². The van der Waals surface area contributed by atoms with Gasteiger partial charge in [0.25, 0.3) is 5.91 Å². The van der Waals surface area contributed by atoms with E-state index in [1.807, 2.05) is 0 Å². The van der Waals surface area contributed by atoms with Crippen molar-refractivity contribution < 1.29 is 19.2 Å². The van der Waals surface area contributed by atoms with Crippen LogP contribution in [0.1, 0.15) is 47.8 Å². The van der Waals surface area contributed by atoms with Crippen molar-refractivity contribution in [2.45, 2.75) is 6.42 Å². The Bertz CT molecular complexity index is 1270. The molecule has 1 N–H and O–H groups in total. The first kappa shape index (κ1) is 21.0. The molecule has 3 aromatic carbocycles. The Balaban J connectivity index is 1.88. The van der Waals surface area contributed by atoms with Crippen molar-refractivity contribution >= 4 is 52.1 Å². The van der Waals surface area contributed by atoms with Gasteiger partial charge >= 0.3 is 0 Å². The summed E-state index contributed by atoms with van der Waals surface area (Å²) in [5.74, 6) is -1.79. The van der Waals surface area contributed by atoms with E-state index in [-0.39, 0.29) is 56.8 Å². The van der Waals surface area contributed by atoms with Crippen molar-refractivity contribution in [3.8, 4) is 0 Å². The molecule has 5 nitrogen and oxygen atoms in total. The van der Waals surface area contributed by atoms with Crippen LogP contribution in [0.15, 0.2) is 60.7 Å².